The molecular formula is C9H12ClN3. The van der Waals surface area contributed by atoms with E-state index in [2.05, 4.69) is 10.3 Å². The maximum absolute atomic E-state index is 5.55. The Morgan fingerprint density at radius 2 is 2.08 bits per heavy atom. The Kier molecular flexibility index (Phi) is 3.73. The van der Waals surface area contributed by atoms with Crippen LogP contribution in [0.15, 0.2) is 35.3 Å². The van der Waals surface area contributed by atoms with Gasteiger partial charge in [-0.2, -0.15) is 0 Å². The Labute approximate surface area is 82.6 Å². The van der Waals surface area contributed by atoms with Crippen LogP contribution < -0.4 is 11.1 Å². The van der Waals surface area contributed by atoms with Gasteiger partial charge in [-0.05, 0) is 0 Å². The van der Waals surface area contributed by atoms with Gasteiger partial charge in [0.15, 0.2) is 5.62 Å². The SMILES string of the molecule is CN/C(=N\C(N)Cl)c1ccccc1. The molecule has 0 aromatic heterocycles. The highest BCUT2D eigenvalue weighted by molar-refractivity contribution is 6.21. The van der Waals surface area contributed by atoms with Crippen LogP contribution in [0.2, 0.25) is 0 Å². The molecule has 0 aliphatic heterocycles. The highest BCUT2D eigenvalue weighted by atomic mass is 35.5. The molecule has 1 aromatic carbocycles. The Balaban J connectivity index is 2.91. The van der Waals surface area contributed by atoms with E-state index in [1.807, 2.05) is 30.3 Å². The second-order valence-corrected chi connectivity index (χ2v) is 2.91. The van der Waals surface area contributed by atoms with Crippen molar-refractivity contribution in [2.45, 2.75) is 5.62 Å². The average molecular weight is 198 g/mol. The third kappa shape index (κ3) is 3.05. The smallest absolute Gasteiger partial charge is 0.175 e. The summed E-state index contributed by atoms with van der Waals surface area (Å²) in [6.07, 6.45) is 0. The third-order valence-electron chi connectivity index (χ3n) is 1.54. The first-order valence-corrected chi connectivity index (χ1v) is 4.38. The van der Waals surface area contributed by atoms with E-state index < -0.39 is 5.62 Å². The van der Waals surface area contributed by atoms with E-state index >= 15 is 0 Å². The molecule has 0 spiro atoms. The topological polar surface area (TPSA) is 50.4 Å². The molecule has 1 atom stereocenters. The van der Waals surface area contributed by atoms with Crippen LogP contribution in [-0.2, 0) is 0 Å². The number of hydrogen-bond acceptors (Lipinski definition) is 2. The standard InChI is InChI=1S/C9H12ClN3/c1-12-8(13-9(10)11)7-5-3-2-4-6-7/h2-6,9H,11H2,1H3,(H,12,13). The zero-order valence-electron chi connectivity index (χ0n) is 7.37. The van der Waals surface area contributed by atoms with Crippen LogP contribution in [0.5, 0.6) is 0 Å². The molecule has 1 rings (SSSR count). The number of amidine groups is 1. The number of nitrogens with one attached hydrogen (secondary N) is 1. The van der Waals surface area contributed by atoms with E-state index in [1.54, 1.807) is 7.05 Å². The first-order chi connectivity index (χ1) is 6.24. The summed E-state index contributed by atoms with van der Waals surface area (Å²) < 4.78 is 0. The van der Waals surface area contributed by atoms with E-state index in [4.69, 9.17) is 17.3 Å². The van der Waals surface area contributed by atoms with Crippen LogP contribution in [0, 0.1) is 0 Å². The predicted octanol–water partition coefficient (Wildman–Crippen LogP) is 1.13. The molecule has 0 aliphatic rings. The Bertz CT molecular complexity index is 282. The fourth-order valence-electron chi connectivity index (χ4n) is 1.00. The van der Waals surface area contributed by atoms with Crippen molar-refractivity contribution in [1.29, 1.82) is 0 Å². The summed E-state index contributed by atoms with van der Waals surface area (Å²) in [5.74, 6) is 0.697. The first kappa shape index (κ1) is 10.0. The molecule has 0 amide bonds. The fraction of sp³-hybridized carbons (Fsp3) is 0.222. The van der Waals surface area contributed by atoms with E-state index in [1.165, 1.54) is 0 Å². The second-order valence-electron chi connectivity index (χ2n) is 2.47. The number of aliphatic imine (C=N–C) groups is 1. The van der Waals surface area contributed by atoms with Gasteiger partial charge in [-0.1, -0.05) is 41.9 Å². The minimum Gasteiger partial charge on any atom is -0.373 e. The summed E-state index contributed by atoms with van der Waals surface area (Å²) in [6.45, 7) is 0. The van der Waals surface area contributed by atoms with Gasteiger partial charge in [0.25, 0.3) is 0 Å². The monoisotopic (exact) mass is 197 g/mol. The third-order valence-corrected chi connectivity index (χ3v) is 1.63. The van der Waals surface area contributed by atoms with Crippen molar-refractivity contribution in [3.05, 3.63) is 35.9 Å². The zero-order valence-corrected chi connectivity index (χ0v) is 8.12. The Morgan fingerprint density at radius 1 is 1.46 bits per heavy atom. The summed E-state index contributed by atoms with van der Waals surface area (Å²) in [7, 11) is 1.78. The lowest BCUT2D eigenvalue weighted by atomic mass is 10.2. The summed E-state index contributed by atoms with van der Waals surface area (Å²) in [5, 5.41) is 2.94. The molecule has 0 saturated heterocycles. The minimum atomic E-state index is -0.706. The number of nitrogens with zero attached hydrogens (tertiary/aromatic N) is 1. The minimum absolute atomic E-state index is 0.697. The molecule has 1 aromatic rings. The lowest BCUT2D eigenvalue weighted by molar-refractivity contribution is 0.952. The van der Waals surface area contributed by atoms with Crippen molar-refractivity contribution in [2.75, 3.05) is 7.05 Å². The van der Waals surface area contributed by atoms with Crippen molar-refractivity contribution in [1.82, 2.24) is 5.32 Å². The van der Waals surface area contributed by atoms with Gasteiger partial charge in [0.05, 0.1) is 0 Å². The molecule has 3 nitrogen and oxygen atoms in total. The highest BCUT2D eigenvalue weighted by Crippen LogP contribution is 2.00. The molecule has 0 aliphatic carbocycles. The van der Waals surface area contributed by atoms with E-state index in [9.17, 15) is 0 Å². The average Bonchev–Trinajstić information content (AvgIpc) is 2.15. The highest BCUT2D eigenvalue weighted by Gasteiger charge is 2.00. The van der Waals surface area contributed by atoms with Gasteiger partial charge in [0.1, 0.15) is 5.84 Å². The van der Waals surface area contributed by atoms with Crippen LogP contribution in [0.3, 0.4) is 0 Å². The van der Waals surface area contributed by atoms with Crippen LogP contribution in [-0.4, -0.2) is 18.5 Å². The molecule has 70 valence electrons. The first-order valence-electron chi connectivity index (χ1n) is 3.94. The number of halogens is 1. The van der Waals surface area contributed by atoms with Gasteiger partial charge in [0.2, 0.25) is 0 Å². The van der Waals surface area contributed by atoms with Crippen LogP contribution in [0.25, 0.3) is 0 Å². The molecule has 0 bridgehead atoms. The number of benzene rings is 1. The largest absolute Gasteiger partial charge is 0.373 e. The van der Waals surface area contributed by atoms with Crippen molar-refractivity contribution < 1.29 is 0 Å². The second kappa shape index (κ2) is 4.84. The molecule has 0 radical (unpaired) electrons. The van der Waals surface area contributed by atoms with Gasteiger partial charge >= 0.3 is 0 Å². The lowest BCUT2D eigenvalue weighted by Gasteiger charge is -2.06. The number of hydrogen-bond donors (Lipinski definition) is 2. The predicted molar refractivity (Wildman–Crippen MR) is 55.9 cm³/mol. The van der Waals surface area contributed by atoms with E-state index in [-0.39, 0.29) is 0 Å². The summed E-state index contributed by atoms with van der Waals surface area (Å²) in [4.78, 5) is 4.01. The van der Waals surface area contributed by atoms with Crippen molar-refractivity contribution in [2.24, 2.45) is 10.7 Å². The summed E-state index contributed by atoms with van der Waals surface area (Å²) >= 11 is 5.55. The number of rotatable bonds is 2. The zero-order chi connectivity index (χ0) is 9.68. The molecular weight excluding hydrogens is 186 g/mol. The Morgan fingerprint density at radius 3 is 2.54 bits per heavy atom. The lowest BCUT2D eigenvalue weighted by Crippen LogP contribution is -2.23. The number of alkyl halides is 1. The van der Waals surface area contributed by atoms with Gasteiger partial charge in [-0.15, -0.1) is 0 Å². The summed E-state index contributed by atoms with van der Waals surface area (Å²) in [5.41, 5.74) is 5.61. The quantitative estimate of drug-likeness (QED) is 0.323. The van der Waals surface area contributed by atoms with Crippen LogP contribution in [0.4, 0.5) is 0 Å². The molecule has 1 unspecified atom stereocenters. The molecule has 3 N–H and O–H groups in total. The maximum atomic E-state index is 5.55. The van der Waals surface area contributed by atoms with Crippen molar-refractivity contribution >= 4 is 17.4 Å². The fourth-order valence-corrected chi connectivity index (χ4v) is 1.10. The van der Waals surface area contributed by atoms with Crippen molar-refractivity contribution in [3.8, 4) is 0 Å². The molecule has 0 fully saturated rings. The normalized spacial score (nSPS) is 13.9. The van der Waals surface area contributed by atoms with E-state index in [0.717, 1.165) is 5.56 Å². The van der Waals surface area contributed by atoms with Crippen LogP contribution in [0.1, 0.15) is 5.56 Å². The van der Waals surface area contributed by atoms with Gasteiger partial charge in [-0.25, -0.2) is 4.99 Å². The van der Waals surface area contributed by atoms with Gasteiger partial charge in [-0.3, -0.25) is 5.73 Å². The Hall–Kier alpha value is -1.06. The summed E-state index contributed by atoms with van der Waals surface area (Å²) in [6, 6.07) is 9.69. The van der Waals surface area contributed by atoms with E-state index in [0.29, 0.717) is 5.84 Å². The molecule has 4 heteroatoms. The number of nitrogens with two attached hydrogens (primary N) is 1. The van der Waals surface area contributed by atoms with Crippen molar-refractivity contribution in [3.63, 3.8) is 0 Å². The molecule has 13 heavy (non-hydrogen) atoms. The maximum Gasteiger partial charge on any atom is 0.175 e. The van der Waals surface area contributed by atoms with Gasteiger partial charge < -0.3 is 5.32 Å². The van der Waals surface area contributed by atoms with Gasteiger partial charge in [0, 0.05) is 12.6 Å². The molecule has 0 saturated carbocycles. The van der Waals surface area contributed by atoms with Crippen LogP contribution >= 0.6 is 11.6 Å². The molecule has 0 heterocycles.